The maximum Gasteiger partial charge on any atom is 0.257 e. The minimum absolute atomic E-state index is 0.0994. The Kier molecular flexibility index (Phi) is 5.57. The highest BCUT2D eigenvalue weighted by Crippen LogP contribution is 2.28. The first-order valence-corrected chi connectivity index (χ1v) is 10.7. The molecule has 0 atom stereocenters. The van der Waals surface area contributed by atoms with Crippen LogP contribution in [0.25, 0.3) is 10.2 Å². The number of anilines is 2. The SMILES string of the molecule is Cc1cccc2sc(NC(=O)Cc3csc(NC(=O)c4ccc(Cl)cc4)n3)nc12. The second-order valence-corrected chi connectivity index (χ2v) is 8.60. The van der Waals surface area contributed by atoms with E-state index in [1.165, 1.54) is 22.7 Å². The van der Waals surface area contributed by atoms with E-state index in [9.17, 15) is 9.59 Å². The molecular weight excluding hydrogens is 428 g/mol. The summed E-state index contributed by atoms with van der Waals surface area (Å²) in [4.78, 5) is 33.4. The van der Waals surface area contributed by atoms with E-state index in [0.29, 0.717) is 26.5 Å². The minimum atomic E-state index is -0.281. The van der Waals surface area contributed by atoms with Crippen molar-refractivity contribution in [3.05, 3.63) is 69.7 Å². The van der Waals surface area contributed by atoms with Gasteiger partial charge in [0.1, 0.15) is 0 Å². The topological polar surface area (TPSA) is 84.0 Å². The number of carbonyl (C=O) groups is 2. The molecule has 2 heterocycles. The number of fused-ring (bicyclic) bond motifs is 1. The van der Waals surface area contributed by atoms with Crippen molar-refractivity contribution in [3.8, 4) is 0 Å². The van der Waals surface area contributed by atoms with Crippen LogP contribution in [-0.2, 0) is 11.2 Å². The summed E-state index contributed by atoms with van der Waals surface area (Å²) in [5, 5.41) is 8.86. The Morgan fingerprint density at radius 3 is 2.59 bits per heavy atom. The molecule has 2 aromatic carbocycles. The summed E-state index contributed by atoms with van der Waals surface area (Å²) < 4.78 is 1.03. The summed E-state index contributed by atoms with van der Waals surface area (Å²) in [6.45, 7) is 1.99. The van der Waals surface area contributed by atoms with E-state index in [4.69, 9.17) is 11.6 Å². The number of halogens is 1. The number of nitrogens with zero attached hydrogens (tertiary/aromatic N) is 2. The van der Waals surface area contributed by atoms with Crippen molar-refractivity contribution in [2.24, 2.45) is 0 Å². The molecule has 0 radical (unpaired) electrons. The molecule has 0 aliphatic heterocycles. The molecule has 4 aromatic rings. The molecule has 0 aliphatic rings. The molecule has 0 fully saturated rings. The summed E-state index contributed by atoms with van der Waals surface area (Å²) in [5.74, 6) is -0.487. The number of benzene rings is 2. The van der Waals surface area contributed by atoms with Crippen LogP contribution >= 0.6 is 34.3 Å². The fraction of sp³-hybridized carbons (Fsp3) is 0.100. The van der Waals surface area contributed by atoms with Gasteiger partial charge >= 0.3 is 0 Å². The van der Waals surface area contributed by atoms with Crippen LogP contribution in [0.15, 0.2) is 47.8 Å². The average Bonchev–Trinajstić information content (AvgIpc) is 3.29. The number of para-hydroxylation sites is 1. The van der Waals surface area contributed by atoms with Gasteiger partial charge in [-0.05, 0) is 42.8 Å². The van der Waals surface area contributed by atoms with E-state index >= 15 is 0 Å². The van der Waals surface area contributed by atoms with Crippen molar-refractivity contribution in [1.82, 2.24) is 9.97 Å². The zero-order valence-electron chi connectivity index (χ0n) is 15.2. The first-order chi connectivity index (χ1) is 14.0. The van der Waals surface area contributed by atoms with E-state index in [0.717, 1.165) is 15.8 Å². The van der Waals surface area contributed by atoms with Crippen molar-refractivity contribution in [2.75, 3.05) is 10.6 Å². The Bertz CT molecular complexity index is 1200. The van der Waals surface area contributed by atoms with E-state index in [1.807, 2.05) is 25.1 Å². The van der Waals surface area contributed by atoms with Crippen LogP contribution in [0.4, 0.5) is 10.3 Å². The molecule has 29 heavy (non-hydrogen) atoms. The number of aromatic nitrogens is 2. The first kappa shape index (κ1) is 19.5. The van der Waals surface area contributed by atoms with Crippen molar-refractivity contribution in [2.45, 2.75) is 13.3 Å². The lowest BCUT2D eigenvalue weighted by Crippen LogP contribution is -2.15. The molecule has 0 unspecified atom stereocenters. The summed E-state index contributed by atoms with van der Waals surface area (Å²) in [6, 6.07) is 12.5. The average molecular weight is 443 g/mol. The van der Waals surface area contributed by atoms with Gasteiger partial charge in [0.2, 0.25) is 5.91 Å². The lowest BCUT2D eigenvalue weighted by molar-refractivity contribution is -0.115. The van der Waals surface area contributed by atoms with Crippen LogP contribution < -0.4 is 10.6 Å². The Hall–Kier alpha value is -2.81. The van der Waals surface area contributed by atoms with Crippen LogP contribution in [0, 0.1) is 6.92 Å². The van der Waals surface area contributed by atoms with Crippen LogP contribution in [0.2, 0.25) is 5.02 Å². The number of aryl methyl sites for hydroxylation is 1. The molecule has 2 aromatic heterocycles. The normalized spacial score (nSPS) is 10.8. The fourth-order valence-corrected chi connectivity index (χ4v) is 4.48. The number of nitrogens with one attached hydrogen (secondary N) is 2. The molecule has 2 amide bonds. The standard InChI is InChI=1S/C20H15ClN4O2S2/c1-11-3-2-4-15-17(11)24-20(29-15)23-16(26)9-14-10-28-19(22-14)25-18(27)12-5-7-13(21)8-6-12/h2-8,10H,9H2,1H3,(H,22,25,27)(H,23,24,26). The van der Waals surface area contributed by atoms with Gasteiger partial charge in [0.25, 0.3) is 5.91 Å². The molecule has 0 saturated carbocycles. The van der Waals surface area contributed by atoms with Crippen LogP contribution in [0.5, 0.6) is 0 Å². The second kappa shape index (κ2) is 8.28. The smallest absolute Gasteiger partial charge is 0.257 e. The van der Waals surface area contributed by atoms with Gasteiger partial charge in [0, 0.05) is 16.0 Å². The zero-order chi connectivity index (χ0) is 20.4. The number of hydrogen-bond donors (Lipinski definition) is 2. The fourth-order valence-electron chi connectivity index (χ4n) is 2.68. The first-order valence-electron chi connectivity index (χ1n) is 8.65. The summed E-state index contributed by atoms with van der Waals surface area (Å²) in [5.41, 5.74) is 3.03. The maximum absolute atomic E-state index is 12.3. The Morgan fingerprint density at radius 1 is 1.03 bits per heavy atom. The van der Waals surface area contributed by atoms with Crippen LogP contribution in [-0.4, -0.2) is 21.8 Å². The molecule has 4 rings (SSSR count). The molecule has 0 saturated heterocycles. The third kappa shape index (κ3) is 4.61. The molecule has 9 heteroatoms. The van der Waals surface area contributed by atoms with Gasteiger partial charge in [-0.3, -0.25) is 14.9 Å². The Balaban J connectivity index is 1.37. The van der Waals surface area contributed by atoms with E-state index < -0.39 is 0 Å². The highest BCUT2D eigenvalue weighted by molar-refractivity contribution is 7.22. The summed E-state index contributed by atoms with van der Waals surface area (Å²) in [7, 11) is 0. The zero-order valence-corrected chi connectivity index (χ0v) is 17.6. The largest absolute Gasteiger partial charge is 0.302 e. The van der Waals surface area contributed by atoms with E-state index in [1.54, 1.807) is 29.6 Å². The molecule has 2 N–H and O–H groups in total. The number of thiazole rings is 2. The monoisotopic (exact) mass is 442 g/mol. The van der Waals surface area contributed by atoms with Crippen molar-refractivity contribution in [3.63, 3.8) is 0 Å². The highest BCUT2D eigenvalue weighted by Gasteiger charge is 2.13. The third-order valence-electron chi connectivity index (χ3n) is 4.09. The minimum Gasteiger partial charge on any atom is -0.302 e. The lowest BCUT2D eigenvalue weighted by Gasteiger charge is -2.01. The second-order valence-electron chi connectivity index (χ2n) is 6.27. The lowest BCUT2D eigenvalue weighted by atomic mass is 10.2. The van der Waals surface area contributed by atoms with Gasteiger partial charge in [-0.1, -0.05) is 35.1 Å². The van der Waals surface area contributed by atoms with Crippen molar-refractivity contribution < 1.29 is 9.59 Å². The highest BCUT2D eigenvalue weighted by atomic mass is 35.5. The third-order valence-corrected chi connectivity index (χ3v) is 6.08. The van der Waals surface area contributed by atoms with Gasteiger partial charge in [0.15, 0.2) is 10.3 Å². The number of hydrogen-bond acceptors (Lipinski definition) is 6. The van der Waals surface area contributed by atoms with Crippen molar-refractivity contribution in [1.29, 1.82) is 0 Å². The molecular formula is C20H15ClN4O2S2. The molecule has 0 bridgehead atoms. The van der Waals surface area contributed by atoms with Crippen LogP contribution in [0.3, 0.4) is 0 Å². The quantitative estimate of drug-likeness (QED) is 0.447. The predicted octanol–water partition coefficient (Wildman–Crippen LogP) is 5.15. The molecule has 0 spiro atoms. The van der Waals surface area contributed by atoms with Gasteiger partial charge in [0.05, 0.1) is 22.3 Å². The van der Waals surface area contributed by atoms with E-state index in [-0.39, 0.29) is 18.2 Å². The van der Waals surface area contributed by atoms with Gasteiger partial charge in [-0.25, -0.2) is 9.97 Å². The summed E-state index contributed by atoms with van der Waals surface area (Å²) in [6.07, 6.45) is 0.0994. The van der Waals surface area contributed by atoms with Gasteiger partial charge in [-0.15, -0.1) is 11.3 Å². The molecule has 6 nitrogen and oxygen atoms in total. The number of carbonyl (C=O) groups excluding carboxylic acids is 2. The van der Waals surface area contributed by atoms with Crippen molar-refractivity contribution >= 4 is 66.6 Å². The Labute approximate surface area is 179 Å². The number of amides is 2. The maximum atomic E-state index is 12.3. The van der Waals surface area contributed by atoms with Gasteiger partial charge < -0.3 is 5.32 Å². The summed E-state index contributed by atoms with van der Waals surface area (Å²) >= 11 is 8.54. The van der Waals surface area contributed by atoms with Gasteiger partial charge in [-0.2, -0.15) is 0 Å². The number of rotatable bonds is 5. The molecule has 0 aliphatic carbocycles. The Morgan fingerprint density at radius 2 is 1.83 bits per heavy atom. The van der Waals surface area contributed by atoms with Crippen LogP contribution in [0.1, 0.15) is 21.6 Å². The molecule has 146 valence electrons. The predicted molar refractivity (Wildman–Crippen MR) is 118 cm³/mol. The van der Waals surface area contributed by atoms with E-state index in [2.05, 4.69) is 20.6 Å².